The zero-order valence-corrected chi connectivity index (χ0v) is 27.4. The quantitative estimate of drug-likeness (QED) is 0.174. The number of anilines is 3. The highest BCUT2D eigenvalue weighted by Gasteiger charge is 2.17. The third-order valence-electron chi connectivity index (χ3n) is 9.37. The summed E-state index contributed by atoms with van der Waals surface area (Å²) in [5.74, 6) is 0. The van der Waals surface area contributed by atoms with Crippen LogP contribution >= 0.6 is 11.6 Å². The normalized spacial score (nSPS) is 11.4. The molecule has 0 aliphatic rings. The zero-order chi connectivity index (χ0) is 32.7. The van der Waals surface area contributed by atoms with Gasteiger partial charge in [-0.15, -0.1) is 0 Å². The van der Waals surface area contributed by atoms with E-state index in [-0.39, 0.29) is 0 Å². The standard InChI is InChI=1S/C46H31ClN2/c47-38-26-37(27-42(31-38)48(39-16-6-2-7-17-39)40-18-8-3-9-19-40)36-22-25-43-44-28-34-14-10-11-15-35(34)29-46(44)49(45(43)30-36)41-23-20-33(21-24-41)32-12-4-1-5-13-32/h1-31H. The summed E-state index contributed by atoms with van der Waals surface area (Å²) in [6.45, 7) is 0. The first-order valence-electron chi connectivity index (χ1n) is 16.5. The summed E-state index contributed by atoms with van der Waals surface area (Å²) in [5, 5.41) is 5.60. The van der Waals surface area contributed by atoms with Crippen LogP contribution in [0.5, 0.6) is 0 Å². The molecule has 0 unspecified atom stereocenters. The molecule has 49 heavy (non-hydrogen) atoms. The first kappa shape index (κ1) is 29.1. The van der Waals surface area contributed by atoms with Crippen LogP contribution in [0.3, 0.4) is 0 Å². The van der Waals surface area contributed by atoms with Gasteiger partial charge in [0.1, 0.15) is 0 Å². The van der Waals surface area contributed by atoms with E-state index in [1.54, 1.807) is 0 Å². The Balaban J connectivity index is 1.24. The number of hydrogen-bond acceptors (Lipinski definition) is 1. The van der Waals surface area contributed by atoms with Crippen molar-refractivity contribution >= 4 is 61.2 Å². The van der Waals surface area contributed by atoms with Crippen molar-refractivity contribution in [2.24, 2.45) is 0 Å². The third kappa shape index (κ3) is 5.33. The van der Waals surface area contributed by atoms with Crippen molar-refractivity contribution in [3.63, 3.8) is 0 Å². The molecular weight excluding hydrogens is 616 g/mol. The highest BCUT2D eigenvalue weighted by molar-refractivity contribution is 6.31. The minimum atomic E-state index is 0.688. The summed E-state index contributed by atoms with van der Waals surface area (Å²) in [4.78, 5) is 2.25. The molecule has 0 saturated carbocycles. The van der Waals surface area contributed by atoms with Gasteiger partial charge in [-0.2, -0.15) is 0 Å². The molecule has 3 heteroatoms. The van der Waals surface area contributed by atoms with Crippen molar-refractivity contribution in [2.45, 2.75) is 0 Å². The summed E-state index contributed by atoms with van der Waals surface area (Å²) < 4.78 is 2.40. The van der Waals surface area contributed by atoms with Gasteiger partial charge in [0.05, 0.1) is 11.0 Å². The molecule has 0 spiro atoms. The number of para-hydroxylation sites is 2. The maximum absolute atomic E-state index is 6.92. The number of halogens is 1. The summed E-state index contributed by atoms with van der Waals surface area (Å²) >= 11 is 6.92. The SMILES string of the molecule is Clc1cc(-c2ccc3c4cc5ccccc5cc4n(-c4ccc(-c5ccccc5)cc4)c3c2)cc(N(c2ccccc2)c2ccccc2)c1. The summed E-state index contributed by atoms with van der Waals surface area (Å²) in [5.41, 5.74) is 11.2. The Kier molecular flexibility index (Phi) is 7.22. The van der Waals surface area contributed by atoms with Gasteiger partial charge in [0.2, 0.25) is 0 Å². The topological polar surface area (TPSA) is 8.17 Å². The number of nitrogens with zero attached hydrogens (tertiary/aromatic N) is 2. The fourth-order valence-corrected chi connectivity index (χ4v) is 7.30. The fourth-order valence-electron chi connectivity index (χ4n) is 7.07. The van der Waals surface area contributed by atoms with Gasteiger partial charge >= 0.3 is 0 Å². The van der Waals surface area contributed by atoms with Crippen LogP contribution in [0.1, 0.15) is 0 Å². The van der Waals surface area contributed by atoms with Crippen molar-refractivity contribution < 1.29 is 0 Å². The predicted molar refractivity (Wildman–Crippen MR) is 209 cm³/mol. The molecule has 0 aliphatic carbocycles. The van der Waals surface area contributed by atoms with Crippen molar-refractivity contribution in [2.75, 3.05) is 4.90 Å². The highest BCUT2D eigenvalue weighted by atomic mass is 35.5. The molecule has 9 rings (SSSR count). The molecule has 8 aromatic carbocycles. The molecule has 0 amide bonds. The second-order valence-corrected chi connectivity index (χ2v) is 12.8. The smallest absolute Gasteiger partial charge is 0.0547 e. The monoisotopic (exact) mass is 646 g/mol. The maximum atomic E-state index is 6.92. The molecule has 0 fully saturated rings. The lowest BCUT2D eigenvalue weighted by Gasteiger charge is -2.26. The van der Waals surface area contributed by atoms with Gasteiger partial charge in [-0.05, 0) is 106 Å². The Bertz CT molecular complexity index is 2550. The highest BCUT2D eigenvalue weighted by Crippen LogP contribution is 2.41. The van der Waals surface area contributed by atoms with Crippen LogP contribution in [0.15, 0.2) is 188 Å². The van der Waals surface area contributed by atoms with Gasteiger partial charge in [0.25, 0.3) is 0 Å². The van der Waals surface area contributed by atoms with E-state index in [1.807, 2.05) is 18.2 Å². The average Bonchev–Trinajstić information content (AvgIpc) is 3.47. The van der Waals surface area contributed by atoms with Crippen LogP contribution in [-0.4, -0.2) is 4.57 Å². The van der Waals surface area contributed by atoms with Crippen LogP contribution in [0.4, 0.5) is 17.1 Å². The van der Waals surface area contributed by atoms with Crippen molar-refractivity contribution in [3.05, 3.63) is 193 Å². The van der Waals surface area contributed by atoms with E-state index < -0.39 is 0 Å². The molecule has 232 valence electrons. The second kappa shape index (κ2) is 12.2. The Morgan fingerprint density at radius 1 is 0.367 bits per heavy atom. The van der Waals surface area contributed by atoms with E-state index in [0.717, 1.165) is 39.4 Å². The summed E-state index contributed by atoms with van der Waals surface area (Å²) in [6.07, 6.45) is 0. The molecule has 0 atom stereocenters. The lowest BCUT2D eigenvalue weighted by Crippen LogP contribution is -2.09. The van der Waals surface area contributed by atoms with E-state index in [4.69, 9.17) is 11.6 Å². The molecule has 0 bridgehead atoms. The molecule has 0 saturated heterocycles. The lowest BCUT2D eigenvalue weighted by atomic mass is 10.0. The van der Waals surface area contributed by atoms with E-state index in [9.17, 15) is 0 Å². The number of aromatic nitrogens is 1. The maximum Gasteiger partial charge on any atom is 0.0547 e. The van der Waals surface area contributed by atoms with Crippen molar-refractivity contribution in [1.82, 2.24) is 4.57 Å². The van der Waals surface area contributed by atoms with E-state index in [0.29, 0.717) is 5.02 Å². The molecular formula is C46H31ClN2. The molecule has 0 radical (unpaired) electrons. The molecule has 9 aromatic rings. The van der Waals surface area contributed by atoms with E-state index in [2.05, 4.69) is 179 Å². The fraction of sp³-hybridized carbons (Fsp3) is 0. The molecule has 0 N–H and O–H groups in total. The average molecular weight is 647 g/mol. The Morgan fingerprint density at radius 3 is 1.59 bits per heavy atom. The van der Waals surface area contributed by atoms with Crippen LogP contribution in [0, 0.1) is 0 Å². The van der Waals surface area contributed by atoms with E-state index in [1.165, 1.54) is 38.2 Å². The van der Waals surface area contributed by atoms with Gasteiger partial charge in [-0.3, -0.25) is 0 Å². The summed E-state index contributed by atoms with van der Waals surface area (Å²) in [7, 11) is 0. The third-order valence-corrected chi connectivity index (χ3v) is 9.59. The van der Waals surface area contributed by atoms with E-state index >= 15 is 0 Å². The van der Waals surface area contributed by atoms with Crippen molar-refractivity contribution in [3.8, 4) is 27.9 Å². The number of fused-ring (bicyclic) bond motifs is 4. The Labute approximate surface area is 290 Å². The number of benzene rings is 8. The van der Waals surface area contributed by atoms with Crippen LogP contribution in [-0.2, 0) is 0 Å². The number of rotatable bonds is 6. The first-order valence-corrected chi connectivity index (χ1v) is 16.9. The lowest BCUT2D eigenvalue weighted by molar-refractivity contribution is 1.18. The van der Waals surface area contributed by atoms with Crippen LogP contribution in [0.2, 0.25) is 5.02 Å². The van der Waals surface area contributed by atoms with Crippen molar-refractivity contribution in [1.29, 1.82) is 0 Å². The zero-order valence-electron chi connectivity index (χ0n) is 26.7. The van der Waals surface area contributed by atoms with Crippen LogP contribution in [0.25, 0.3) is 60.5 Å². The molecule has 1 heterocycles. The Hall–Kier alpha value is -6.09. The molecule has 1 aromatic heterocycles. The number of hydrogen-bond donors (Lipinski definition) is 0. The van der Waals surface area contributed by atoms with Gasteiger partial charge in [-0.25, -0.2) is 0 Å². The minimum absolute atomic E-state index is 0.688. The first-order chi connectivity index (χ1) is 24.2. The van der Waals surface area contributed by atoms with Crippen LogP contribution < -0.4 is 4.90 Å². The molecule has 2 nitrogen and oxygen atoms in total. The predicted octanol–water partition coefficient (Wildman–Crippen LogP) is 13.4. The molecule has 0 aliphatic heterocycles. The largest absolute Gasteiger partial charge is 0.310 e. The minimum Gasteiger partial charge on any atom is -0.310 e. The van der Waals surface area contributed by atoms with Gasteiger partial charge in [0.15, 0.2) is 0 Å². The van der Waals surface area contributed by atoms with Gasteiger partial charge in [-0.1, -0.05) is 127 Å². The van der Waals surface area contributed by atoms with Gasteiger partial charge < -0.3 is 9.47 Å². The summed E-state index contributed by atoms with van der Waals surface area (Å²) in [6, 6.07) is 66.8. The second-order valence-electron chi connectivity index (χ2n) is 12.4. The van der Waals surface area contributed by atoms with Gasteiger partial charge in [0, 0.05) is 38.5 Å². The Morgan fingerprint density at radius 2 is 0.918 bits per heavy atom.